The first kappa shape index (κ1) is 21.6. The number of carbonyl (C=O) groups is 1. The van der Waals surface area contributed by atoms with Crippen molar-refractivity contribution in [1.29, 1.82) is 0 Å². The summed E-state index contributed by atoms with van der Waals surface area (Å²) in [6, 6.07) is 5.73. The average Bonchev–Trinajstić information content (AvgIpc) is 3.36. The van der Waals surface area contributed by atoms with Crippen LogP contribution in [0.3, 0.4) is 0 Å². The largest absolute Gasteiger partial charge is 0.493 e. The highest BCUT2D eigenvalue weighted by molar-refractivity contribution is 5.85. The van der Waals surface area contributed by atoms with Crippen LogP contribution in [-0.2, 0) is 4.79 Å². The van der Waals surface area contributed by atoms with Crippen molar-refractivity contribution in [1.82, 2.24) is 10.6 Å². The summed E-state index contributed by atoms with van der Waals surface area (Å²) in [6.07, 6.45) is 2.58. The van der Waals surface area contributed by atoms with Gasteiger partial charge in [0.05, 0.1) is 26.3 Å². The second kappa shape index (κ2) is 10.5. The molecule has 1 amide bonds. The number of amides is 1. The predicted octanol–water partition coefficient (Wildman–Crippen LogP) is 3.33. The average molecular weight is 371 g/mol. The summed E-state index contributed by atoms with van der Waals surface area (Å²) in [5, 5.41) is 6.22. The number of rotatable bonds is 10. The van der Waals surface area contributed by atoms with Gasteiger partial charge >= 0.3 is 0 Å². The number of hydrogen-bond acceptors (Lipinski definition) is 4. The predicted molar refractivity (Wildman–Crippen MR) is 103 cm³/mol. The number of carbonyl (C=O) groups excluding carboxylic acids is 1. The van der Waals surface area contributed by atoms with Crippen molar-refractivity contribution in [2.75, 3.05) is 26.8 Å². The van der Waals surface area contributed by atoms with Gasteiger partial charge in [0.2, 0.25) is 5.91 Å². The van der Waals surface area contributed by atoms with Gasteiger partial charge in [-0.25, -0.2) is 0 Å². The van der Waals surface area contributed by atoms with Crippen LogP contribution >= 0.6 is 12.4 Å². The Morgan fingerprint density at radius 3 is 2.56 bits per heavy atom. The molecule has 2 N–H and O–H groups in total. The fourth-order valence-corrected chi connectivity index (χ4v) is 2.42. The van der Waals surface area contributed by atoms with Crippen LogP contribution in [0.1, 0.15) is 45.2 Å². The van der Waals surface area contributed by atoms with Crippen LogP contribution in [0.4, 0.5) is 0 Å². The Morgan fingerprint density at radius 2 is 1.96 bits per heavy atom. The maximum Gasteiger partial charge on any atom is 0.234 e. The molecular weight excluding hydrogens is 340 g/mol. The molecule has 142 valence electrons. The molecule has 25 heavy (non-hydrogen) atoms. The molecule has 1 aromatic rings. The number of methoxy groups -OCH3 is 1. The zero-order valence-electron chi connectivity index (χ0n) is 15.6. The van der Waals surface area contributed by atoms with Gasteiger partial charge in [0.15, 0.2) is 11.5 Å². The third-order valence-corrected chi connectivity index (χ3v) is 4.05. The van der Waals surface area contributed by atoms with Crippen LogP contribution in [0.2, 0.25) is 0 Å². The lowest BCUT2D eigenvalue weighted by molar-refractivity contribution is -0.120. The van der Waals surface area contributed by atoms with Crippen molar-refractivity contribution < 1.29 is 14.3 Å². The molecule has 5 nitrogen and oxygen atoms in total. The van der Waals surface area contributed by atoms with E-state index in [0.717, 1.165) is 23.8 Å². The van der Waals surface area contributed by atoms with Crippen molar-refractivity contribution in [3.8, 4) is 11.5 Å². The summed E-state index contributed by atoms with van der Waals surface area (Å²) in [5.74, 6) is 2.68. The summed E-state index contributed by atoms with van der Waals surface area (Å²) in [5.41, 5.74) is 0.999. The lowest BCUT2D eigenvalue weighted by Crippen LogP contribution is -2.36. The zero-order valence-corrected chi connectivity index (χ0v) is 16.4. The van der Waals surface area contributed by atoms with Gasteiger partial charge in [-0.05, 0) is 55.8 Å². The van der Waals surface area contributed by atoms with E-state index in [2.05, 4.69) is 24.5 Å². The Bertz CT molecular complexity index is 547. The van der Waals surface area contributed by atoms with E-state index in [0.29, 0.717) is 24.8 Å². The lowest BCUT2D eigenvalue weighted by Gasteiger charge is -2.18. The number of halogens is 1. The molecule has 1 saturated carbocycles. The van der Waals surface area contributed by atoms with Gasteiger partial charge in [0, 0.05) is 0 Å². The molecule has 1 aromatic carbocycles. The van der Waals surface area contributed by atoms with Gasteiger partial charge in [0.25, 0.3) is 0 Å². The van der Waals surface area contributed by atoms with E-state index in [4.69, 9.17) is 9.47 Å². The minimum absolute atomic E-state index is 0. The Hall–Kier alpha value is -1.46. The first-order valence-corrected chi connectivity index (χ1v) is 8.80. The normalized spacial score (nSPS) is 14.6. The molecule has 1 aliphatic rings. The molecule has 1 fully saturated rings. The van der Waals surface area contributed by atoms with E-state index in [1.54, 1.807) is 7.11 Å². The highest BCUT2D eigenvalue weighted by Crippen LogP contribution is 2.30. The Morgan fingerprint density at radius 1 is 1.24 bits per heavy atom. The Kier molecular flexibility index (Phi) is 9.08. The number of nitrogens with one attached hydrogen (secondary N) is 2. The maximum atomic E-state index is 12.0. The van der Waals surface area contributed by atoms with Crippen LogP contribution in [0.25, 0.3) is 0 Å². The Balaban J connectivity index is 0.00000312. The molecular formula is C19H31ClN2O3. The van der Waals surface area contributed by atoms with Gasteiger partial charge in [-0.1, -0.05) is 19.9 Å². The second-order valence-electron chi connectivity index (χ2n) is 6.98. The van der Waals surface area contributed by atoms with Crippen molar-refractivity contribution in [2.45, 2.75) is 39.7 Å². The molecule has 0 bridgehead atoms. The number of benzene rings is 1. The Labute approximate surface area is 157 Å². The summed E-state index contributed by atoms with van der Waals surface area (Å²) >= 11 is 0. The summed E-state index contributed by atoms with van der Waals surface area (Å²) in [6.45, 7) is 8.15. The van der Waals surface area contributed by atoms with E-state index in [-0.39, 0.29) is 24.4 Å². The number of hydrogen-bond donors (Lipinski definition) is 2. The van der Waals surface area contributed by atoms with Gasteiger partial charge in [-0.2, -0.15) is 0 Å². The first-order valence-electron chi connectivity index (χ1n) is 8.80. The fourth-order valence-electron chi connectivity index (χ4n) is 2.42. The van der Waals surface area contributed by atoms with Crippen molar-refractivity contribution in [2.24, 2.45) is 11.8 Å². The topological polar surface area (TPSA) is 59.6 Å². The lowest BCUT2D eigenvalue weighted by atomic mass is 10.1. The fraction of sp³-hybridized carbons (Fsp3) is 0.632. The summed E-state index contributed by atoms with van der Waals surface area (Å²) in [7, 11) is 1.63. The summed E-state index contributed by atoms with van der Waals surface area (Å²) < 4.78 is 11.2. The van der Waals surface area contributed by atoms with E-state index in [9.17, 15) is 4.79 Å². The zero-order chi connectivity index (χ0) is 17.5. The SMILES string of the molecule is COc1cc(C(C)NC(=O)CNCC2CC2)ccc1OCC(C)C.Cl. The van der Waals surface area contributed by atoms with Gasteiger partial charge in [-0.15, -0.1) is 12.4 Å². The van der Waals surface area contributed by atoms with E-state index in [1.165, 1.54) is 12.8 Å². The van der Waals surface area contributed by atoms with Crippen LogP contribution in [-0.4, -0.2) is 32.7 Å². The standard InChI is InChI=1S/C19H30N2O3.ClH/c1-13(2)12-24-17-8-7-16(9-18(17)23-4)14(3)21-19(22)11-20-10-15-5-6-15;/h7-9,13-15,20H,5-6,10-12H2,1-4H3,(H,21,22);1H. The van der Waals surface area contributed by atoms with Crippen LogP contribution < -0.4 is 20.1 Å². The number of ether oxygens (including phenoxy) is 2. The van der Waals surface area contributed by atoms with E-state index >= 15 is 0 Å². The van der Waals surface area contributed by atoms with Crippen LogP contribution in [0, 0.1) is 11.8 Å². The van der Waals surface area contributed by atoms with Crippen LogP contribution in [0.15, 0.2) is 18.2 Å². The second-order valence-corrected chi connectivity index (χ2v) is 6.98. The minimum Gasteiger partial charge on any atom is -0.493 e. The van der Waals surface area contributed by atoms with Crippen molar-refractivity contribution in [3.05, 3.63) is 23.8 Å². The van der Waals surface area contributed by atoms with Gasteiger partial charge in [0.1, 0.15) is 0 Å². The minimum atomic E-state index is -0.0757. The molecule has 0 radical (unpaired) electrons. The molecule has 1 unspecified atom stereocenters. The molecule has 0 spiro atoms. The maximum absolute atomic E-state index is 12.0. The van der Waals surface area contributed by atoms with E-state index < -0.39 is 0 Å². The monoisotopic (exact) mass is 370 g/mol. The molecule has 0 aliphatic heterocycles. The molecule has 2 rings (SSSR count). The third-order valence-electron chi connectivity index (χ3n) is 4.05. The molecule has 0 aromatic heterocycles. The van der Waals surface area contributed by atoms with Crippen molar-refractivity contribution >= 4 is 18.3 Å². The molecule has 0 saturated heterocycles. The quantitative estimate of drug-likeness (QED) is 0.663. The highest BCUT2D eigenvalue weighted by atomic mass is 35.5. The van der Waals surface area contributed by atoms with Crippen LogP contribution in [0.5, 0.6) is 11.5 Å². The molecule has 1 atom stereocenters. The smallest absolute Gasteiger partial charge is 0.234 e. The van der Waals surface area contributed by atoms with Gasteiger partial charge in [-0.3, -0.25) is 4.79 Å². The van der Waals surface area contributed by atoms with Crippen molar-refractivity contribution in [3.63, 3.8) is 0 Å². The van der Waals surface area contributed by atoms with E-state index in [1.807, 2.05) is 25.1 Å². The third kappa shape index (κ3) is 7.53. The molecule has 0 heterocycles. The summed E-state index contributed by atoms with van der Waals surface area (Å²) in [4.78, 5) is 12.0. The molecule has 1 aliphatic carbocycles. The molecule has 6 heteroatoms. The highest BCUT2D eigenvalue weighted by Gasteiger charge is 2.21. The first-order chi connectivity index (χ1) is 11.5. The van der Waals surface area contributed by atoms with Gasteiger partial charge < -0.3 is 20.1 Å².